The lowest BCUT2D eigenvalue weighted by Gasteiger charge is -2.28. The van der Waals surface area contributed by atoms with Gasteiger partial charge in [-0.1, -0.05) is 48.5 Å². The summed E-state index contributed by atoms with van der Waals surface area (Å²) in [7, 11) is 0. The number of hydrogen-bond donors (Lipinski definition) is 1. The maximum absolute atomic E-state index is 12.3. The van der Waals surface area contributed by atoms with Gasteiger partial charge in [0.2, 0.25) is 0 Å². The van der Waals surface area contributed by atoms with E-state index >= 15 is 0 Å². The molecular formula is C18H18N2O. The molecule has 1 aliphatic rings. The van der Waals surface area contributed by atoms with E-state index in [1.165, 1.54) is 5.56 Å². The molecule has 3 nitrogen and oxygen atoms in total. The molecule has 1 N–H and O–H groups in total. The van der Waals surface area contributed by atoms with Gasteiger partial charge in [0.15, 0.2) is 0 Å². The number of hydrogen-bond acceptors (Lipinski definition) is 1. The molecule has 3 heteroatoms. The summed E-state index contributed by atoms with van der Waals surface area (Å²) in [6, 6.07) is 17.9. The van der Waals surface area contributed by atoms with E-state index in [0.717, 1.165) is 30.6 Å². The fourth-order valence-corrected chi connectivity index (χ4v) is 2.60. The highest BCUT2D eigenvalue weighted by atomic mass is 16.2. The normalized spacial score (nSPS) is 14.0. The van der Waals surface area contributed by atoms with Crippen LogP contribution in [0.25, 0.3) is 6.08 Å². The molecule has 0 atom stereocenters. The van der Waals surface area contributed by atoms with Gasteiger partial charge in [0, 0.05) is 18.4 Å². The number of para-hydroxylation sites is 1. The van der Waals surface area contributed by atoms with Crippen molar-refractivity contribution >= 4 is 17.8 Å². The van der Waals surface area contributed by atoms with E-state index in [2.05, 4.69) is 11.4 Å². The Morgan fingerprint density at radius 3 is 2.67 bits per heavy atom. The molecule has 106 valence electrons. The summed E-state index contributed by atoms with van der Waals surface area (Å²) in [4.78, 5) is 14.1. The third-order valence-corrected chi connectivity index (χ3v) is 3.64. The van der Waals surface area contributed by atoms with E-state index in [9.17, 15) is 4.79 Å². The maximum atomic E-state index is 12.3. The van der Waals surface area contributed by atoms with Crippen LogP contribution in [0, 0.1) is 0 Å². The van der Waals surface area contributed by atoms with Crippen LogP contribution in [0.2, 0.25) is 0 Å². The van der Waals surface area contributed by atoms with E-state index < -0.39 is 0 Å². The number of urea groups is 1. The quantitative estimate of drug-likeness (QED) is 0.890. The first-order valence-corrected chi connectivity index (χ1v) is 7.22. The number of fused-ring (bicyclic) bond motifs is 1. The van der Waals surface area contributed by atoms with Crippen molar-refractivity contribution < 1.29 is 4.79 Å². The standard InChI is InChI=1S/C18H18N2O/c21-18(19-13-12-15-7-2-1-3-8-15)20-14-6-10-16-9-4-5-11-17(16)20/h1-5,7-9,11-13H,6,10,14H2,(H,19,21)/b13-12+. The molecular weight excluding hydrogens is 260 g/mol. The van der Waals surface area contributed by atoms with E-state index in [1.807, 2.05) is 59.5 Å². The minimum atomic E-state index is -0.0747. The highest BCUT2D eigenvalue weighted by molar-refractivity contribution is 5.94. The highest BCUT2D eigenvalue weighted by Gasteiger charge is 2.21. The van der Waals surface area contributed by atoms with Gasteiger partial charge >= 0.3 is 6.03 Å². The van der Waals surface area contributed by atoms with Crippen molar-refractivity contribution in [2.75, 3.05) is 11.4 Å². The van der Waals surface area contributed by atoms with E-state index in [4.69, 9.17) is 0 Å². The predicted molar refractivity (Wildman–Crippen MR) is 86.1 cm³/mol. The molecule has 2 aromatic carbocycles. The Morgan fingerprint density at radius 1 is 1.05 bits per heavy atom. The maximum Gasteiger partial charge on any atom is 0.325 e. The molecule has 0 spiro atoms. The number of amides is 2. The number of carbonyl (C=O) groups is 1. The van der Waals surface area contributed by atoms with Crippen LogP contribution in [-0.4, -0.2) is 12.6 Å². The van der Waals surface area contributed by atoms with Gasteiger partial charge in [-0.2, -0.15) is 0 Å². The molecule has 0 fully saturated rings. The van der Waals surface area contributed by atoms with Crippen molar-refractivity contribution in [3.63, 3.8) is 0 Å². The van der Waals surface area contributed by atoms with Gasteiger partial charge in [0.1, 0.15) is 0 Å². The number of nitrogens with one attached hydrogen (secondary N) is 1. The molecule has 0 saturated carbocycles. The third-order valence-electron chi connectivity index (χ3n) is 3.64. The van der Waals surface area contributed by atoms with Crippen molar-refractivity contribution in [2.24, 2.45) is 0 Å². The lowest BCUT2D eigenvalue weighted by molar-refractivity contribution is 0.249. The zero-order valence-corrected chi connectivity index (χ0v) is 11.8. The van der Waals surface area contributed by atoms with Crippen molar-refractivity contribution in [1.82, 2.24) is 5.32 Å². The lowest BCUT2D eigenvalue weighted by Crippen LogP contribution is -2.40. The average molecular weight is 278 g/mol. The number of benzene rings is 2. The van der Waals surface area contributed by atoms with Crippen LogP contribution in [0.4, 0.5) is 10.5 Å². The van der Waals surface area contributed by atoms with Crippen LogP contribution in [0.3, 0.4) is 0 Å². The largest absolute Gasteiger partial charge is 0.325 e. The van der Waals surface area contributed by atoms with Crippen LogP contribution < -0.4 is 10.2 Å². The molecule has 0 saturated heterocycles. The Bertz CT molecular complexity index is 649. The van der Waals surface area contributed by atoms with Gasteiger partial charge in [0.25, 0.3) is 0 Å². The zero-order valence-electron chi connectivity index (χ0n) is 11.8. The third kappa shape index (κ3) is 3.14. The molecule has 2 aromatic rings. The highest BCUT2D eigenvalue weighted by Crippen LogP contribution is 2.26. The molecule has 0 radical (unpaired) electrons. The van der Waals surface area contributed by atoms with Crippen molar-refractivity contribution in [1.29, 1.82) is 0 Å². The summed E-state index contributed by atoms with van der Waals surface area (Å²) in [5.74, 6) is 0. The summed E-state index contributed by atoms with van der Waals surface area (Å²) in [5, 5.41) is 2.85. The van der Waals surface area contributed by atoms with Crippen molar-refractivity contribution in [3.8, 4) is 0 Å². The Kier molecular flexibility index (Phi) is 4.01. The van der Waals surface area contributed by atoms with Crippen LogP contribution in [-0.2, 0) is 6.42 Å². The fraction of sp³-hybridized carbons (Fsp3) is 0.167. The molecule has 21 heavy (non-hydrogen) atoms. The van der Waals surface area contributed by atoms with Crippen LogP contribution in [0.5, 0.6) is 0 Å². The summed E-state index contributed by atoms with van der Waals surface area (Å²) in [5.41, 5.74) is 3.33. The first-order valence-electron chi connectivity index (χ1n) is 7.22. The number of aryl methyl sites for hydroxylation is 1. The van der Waals surface area contributed by atoms with Crippen molar-refractivity contribution in [3.05, 3.63) is 71.9 Å². The van der Waals surface area contributed by atoms with Gasteiger partial charge < -0.3 is 5.32 Å². The molecule has 2 amide bonds. The lowest BCUT2D eigenvalue weighted by atomic mass is 10.0. The topological polar surface area (TPSA) is 32.3 Å². The smallest absolute Gasteiger partial charge is 0.314 e. The zero-order chi connectivity index (χ0) is 14.5. The Balaban J connectivity index is 1.68. The van der Waals surface area contributed by atoms with E-state index in [0.29, 0.717) is 0 Å². The summed E-state index contributed by atoms with van der Waals surface area (Å²) in [6.45, 7) is 0.766. The van der Waals surface area contributed by atoms with Crippen LogP contribution >= 0.6 is 0 Å². The number of rotatable bonds is 2. The molecule has 0 aromatic heterocycles. The van der Waals surface area contributed by atoms with Gasteiger partial charge in [-0.25, -0.2) is 4.79 Å². The van der Waals surface area contributed by atoms with Crippen molar-refractivity contribution in [2.45, 2.75) is 12.8 Å². The number of carbonyl (C=O) groups excluding carboxylic acids is 1. The minimum Gasteiger partial charge on any atom is -0.314 e. The second-order valence-electron chi connectivity index (χ2n) is 5.08. The molecule has 3 rings (SSSR count). The van der Waals surface area contributed by atoms with Gasteiger partial charge in [0.05, 0.1) is 0 Å². The molecule has 0 bridgehead atoms. The Labute approximate surface area is 124 Å². The van der Waals surface area contributed by atoms with Gasteiger partial charge in [-0.05, 0) is 36.1 Å². The monoisotopic (exact) mass is 278 g/mol. The molecule has 1 heterocycles. The van der Waals surface area contributed by atoms with Crippen LogP contribution in [0.15, 0.2) is 60.8 Å². The second kappa shape index (κ2) is 6.27. The molecule has 0 unspecified atom stereocenters. The van der Waals surface area contributed by atoms with E-state index in [1.54, 1.807) is 6.20 Å². The van der Waals surface area contributed by atoms with Gasteiger partial charge in [-0.3, -0.25) is 4.90 Å². The second-order valence-corrected chi connectivity index (χ2v) is 5.08. The summed E-state index contributed by atoms with van der Waals surface area (Å²) in [6.07, 6.45) is 5.65. The first-order chi connectivity index (χ1) is 10.3. The molecule has 1 aliphatic heterocycles. The first kappa shape index (κ1) is 13.4. The summed E-state index contributed by atoms with van der Waals surface area (Å²) < 4.78 is 0. The number of nitrogens with zero attached hydrogens (tertiary/aromatic N) is 1. The minimum absolute atomic E-state index is 0.0747. The Morgan fingerprint density at radius 2 is 1.81 bits per heavy atom. The fourth-order valence-electron chi connectivity index (χ4n) is 2.60. The van der Waals surface area contributed by atoms with Gasteiger partial charge in [-0.15, -0.1) is 0 Å². The molecule has 0 aliphatic carbocycles. The average Bonchev–Trinajstić information content (AvgIpc) is 2.55. The van der Waals surface area contributed by atoms with Crippen LogP contribution in [0.1, 0.15) is 17.5 Å². The number of anilines is 1. The summed E-state index contributed by atoms with van der Waals surface area (Å²) >= 11 is 0. The predicted octanol–water partition coefficient (Wildman–Crippen LogP) is 3.82. The Hall–Kier alpha value is -2.55. The SMILES string of the molecule is O=C(N/C=C/c1ccccc1)N1CCCc2ccccc21. The van der Waals surface area contributed by atoms with E-state index in [-0.39, 0.29) is 6.03 Å².